The Morgan fingerprint density at radius 3 is 2.50 bits per heavy atom. The van der Waals surface area contributed by atoms with Gasteiger partial charge in [-0.3, -0.25) is 14.2 Å². The summed E-state index contributed by atoms with van der Waals surface area (Å²) in [4.78, 5) is 47.4. The maximum Gasteiger partial charge on any atom is 0.351 e. The van der Waals surface area contributed by atoms with E-state index in [1.54, 1.807) is 45.5 Å². The lowest BCUT2D eigenvalue weighted by molar-refractivity contribution is -0.143. The molecular formula is C34H43F2N4O11P. The first-order valence-electron chi connectivity index (χ1n) is 16.0. The van der Waals surface area contributed by atoms with E-state index >= 15 is 0 Å². The Hall–Kier alpha value is -4.67. The summed E-state index contributed by atoms with van der Waals surface area (Å²) in [6, 6.07) is 15.8. The summed E-state index contributed by atoms with van der Waals surface area (Å²) in [5.41, 5.74) is 0.535. The average molecular weight is 753 g/mol. The van der Waals surface area contributed by atoms with Gasteiger partial charge in [0, 0.05) is 31.1 Å². The molecule has 0 aliphatic carbocycles. The second-order valence-corrected chi connectivity index (χ2v) is 12.1. The van der Waals surface area contributed by atoms with Gasteiger partial charge in [-0.05, 0) is 23.8 Å². The molecule has 3 N–H and O–H groups in total. The number of carbonyl (C=O) groups excluding carboxylic acids is 2. The van der Waals surface area contributed by atoms with E-state index in [4.69, 9.17) is 27.9 Å². The van der Waals surface area contributed by atoms with Gasteiger partial charge in [-0.2, -0.15) is 4.98 Å². The predicted octanol–water partition coefficient (Wildman–Crippen LogP) is 5.32. The molecular weight excluding hydrogens is 709 g/mol. The number of ether oxygens (including phenoxy) is 5. The number of benzene rings is 2. The minimum atomic E-state index is -3.34. The third-order valence-corrected chi connectivity index (χ3v) is 7.68. The fourth-order valence-corrected chi connectivity index (χ4v) is 5.22. The van der Waals surface area contributed by atoms with Crippen LogP contribution in [0.25, 0.3) is 11.0 Å². The first kappa shape index (κ1) is 41.7. The molecule has 5 rings (SSSR count). The standard InChI is InChI=1S/C19H23F2N4O6P.C12H12O5.C3H8/c1-22-15-7-8-25(18(27)24-15)17-19(20,21)9-14(31-17)12-30-32(28)23-10-16(26)29-11-13-5-3-2-4-6-13;1-14-9-3-8-4-10(6-16-7-13)17-12(8)11(5-9)15-2;1-3-2/h2-8,14,17,23,28H,9-12H2,1H3,(H,22,24,27);3-5,7H,6H2,1-2H3;3H2,1-2H3. The monoisotopic (exact) mass is 752 g/mol. The SMILES string of the molecule is CCC.CNc1ccn(C2OC(COP(O)NCC(=O)OCc3ccccc3)CC2(F)F)c(=O)n1.COc1cc(OC)c2oc(COC=O)cc2c1. The Kier molecular flexibility index (Phi) is 16.9. The Morgan fingerprint density at radius 2 is 1.87 bits per heavy atom. The van der Waals surface area contributed by atoms with E-state index in [1.807, 2.05) is 24.3 Å². The molecule has 15 nitrogen and oxygen atoms in total. The van der Waals surface area contributed by atoms with E-state index in [0.29, 0.717) is 33.9 Å². The van der Waals surface area contributed by atoms with Crippen molar-refractivity contribution in [2.24, 2.45) is 0 Å². The Bertz CT molecular complexity index is 1760. The number of fused-ring (bicyclic) bond motifs is 1. The van der Waals surface area contributed by atoms with Crippen molar-refractivity contribution >= 4 is 37.8 Å². The number of rotatable bonds is 15. The minimum absolute atomic E-state index is 0.0848. The third kappa shape index (κ3) is 12.5. The summed E-state index contributed by atoms with van der Waals surface area (Å²) < 4.78 is 65.5. The highest BCUT2D eigenvalue weighted by Crippen LogP contribution is 2.43. The molecule has 18 heteroatoms. The molecule has 52 heavy (non-hydrogen) atoms. The van der Waals surface area contributed by atoms with Gasteiger partial charge < -0.3 is 42.8 Å². The lowest BCUT2D eigenvalue weighted by atomic mass is 10.2. The van der Waals surface area contributed by atoms with Crippen LogP contribution < -0.4 is 25.6 Å². The molecule has 3 heterocycles. The van der Waals surface area contributed by atoms with Crippen LogP contribution in [0.15, 0.2) is 70.0 Å². The molecule has 3 atom stereocenters. The summed E-state index contributed by atoms with van der Waals surface area (Å²) in [7, 11) is 2.41. The number of methoxy groups -OCH3 is 2. The zero-order valence-electron chi connectivity index (χ0n) is 29.4. The van der Waals surface area contributed by atoms with Crippen LogP contribution in [0.3, 0.4) is 0 Å². The predicted molar refractivity (Wildman–Crippen MR) is 187 cm³/mol. The second-order valence-electron chi connectivity index (χ2n) is 11.0. The summed E-state index contributed by atoms with van der Waals surface area (Å²) in [6.45, 7) is 4.13. The lowest BCUT2D eigenvalue weighted by Gasteiger charge is -2.20. The molecule has 0 bridgehead atoms. The van der Waals surface area contributed by atoms with E-state index in [-0.39, 0.29) is 32.2 Å². The summed E-state index contributed by atoms with van der Waals surface area (Å²) in [6.07, 6.45) is -1.20. The number of nitrogens with one attached hydrogen (secondary N) is 2. The first-order chi connectivity index (χ1) is 25.0. The molecule has 1 aliphatic heterocycles. The number of hydrogen-bond donors (Lipinski definition) is 3. The van der Waals surface area contributed by atoms with E-state index in [9.17, 15) is 28.1 Å². The van der Waals surface area contributed by atoms with Crippen molar-refractivity contribution in [2.75, 3.05) is 39.7 Å². The molecule has 2 aromatic carbocycles. The van der Waals surface area contributed by atoms with E-state index in [2.05, 4.69) is 34.0 Å². The molecule has 0 radical (unpaired) electrons. The summed E-state index contributed by atoms with van der Waals surface area (Å²) in [5, 5.41) is 5.92. The maximum absolute atomic E-state index is 14.4. The van der Waals surface area contributed by atoms with E-state index in [0.717, 1.165) is 10.9 Å². The van der Waals surface area contributed by atoms with Crippen molar-refractivity contribution in [3.63, 3.8) is 0 Å². The number of alkyl halides is 2. The molecule has 4 aromatic rings. The fourth-order valence-electron chi connectivity index (χ4n) is 4.56. The van der Waals surface area contributed by atoms with Gasteiger partial charge in [-0.25, -0.2) is 18.7 Å². The number of esters is 1. The fraction of sp³-hybridized carbons (Fsp3) is 0.412. The minimum Gasteiger partial charge on any atom is -0.497 e. The summed E-state index contributed by atoms with van der Waals surface area (Å²) in [5.74, 6) is -1.90. The van der Waals surface area contributed by atoms with Crippen LogP contribution in [-0.4, -0.2) is 73.3 Å². The quantitative estimate of drug-likeness (QED) is 0.0807. The largest absolute Gasteiger partial charge is 0.497 e. The molecule has 0 saturated carbocycles. The Labute approximate surface area is 300 Å². The van der Waals surface area contributed by atoms with Crippen LogP contribution in [0.4, 0.5) is 14.6 Å². The van der Waals surface area contributed by atoms with Crippen LogP contribution in [0.2, 0.25) is 0 Å². The smallest absolute Gasteiger partial charge is 0.351 e. The third-order valence-electron chi connectivity index (χ3n) is 6.86. The number of anilines is 1. The van der Waals surface area contributed by atoms with Crippen molar-refractivity contribution < 1.29 is 55.9 Å². The molecule has 2 aromatic heterocycles. The second kappa shape index (κ2) is 21.0. The van der Waals surface area contributed by atoms with E-state index < -0.39 is 44.9 Å². The number of carbonyl (C=O) groups is 2. The van der Waals surface area contributed by atoms with Crippen molar-refractivity contribution in [2.45, 2.75) is 58.2 Å². The van der Waals surface area contributed by atoms with Crippen LogP contribution in [0, 0.1) is 0 Å². The van der Waals surface area contributed by atoms with Gasteiger partial charge in [0.05, 0.1) is 26.9 Å². The molecule has 0 spiro atoms. The number of nitrogens with zero attached hydrogens (tertiary/aromatic N) is 2. The van der Waals surface area contributed by atoms with Crippen LogP contribution in [0.1, 0.15) is 44.2 Å². The normalized spacial score (nSPS) is 16.4. The van der Waals surface area contributed by atoms with Crippen molar-refractivity contribution in [3.05, 3.63) is 82.6 Å². The zero-order valence-corrected chi connectivity index (χ0v) is 30.3. The molecule has 3 unspecified atom stereocenters. The van der Waals surface area contributed by atoms with Gasteiger partial charge in [0.15, 0.2) is 11.3 Å². The lowest BCUT2D eigenvalue weighted by Crippen LogP contribution is -2.35. The van der Waals surface area contributed by atoms with Crippen molar-refractivity contribution in [3.8, 4) is 11.5 Å². The number of hydrogen-bond acceptors (Lipinski definition) is 14. The maximum atomic E-state index is 14.4. The first-order valence-corrected chi connectivity index (χ1v) is 17.2. The van der Waals surface area contributed by atoms with Gasteiger partial charge in [0.1, 0.15) is 37.1 Å². The van der Waals surface area contributed by atoms with Crippen molar-refractivity contribution in [1.29, 1.82) is 0 Å². The van der Waals surface area contributed by atoms with Gasteiger partial charge in [-0.15, -0.1) is 0 Å². The topological polar surface area (TPSA) is 182 Å². The van der Waals surface area contributed by atoms with E-state index in [1.165, 1.54) is 18.7 Å². The van der Waals surface area contributed by atoms with Crippen LogP contribution in [0.5, 0.6) is 11.5 Å². The Morgan fingerprint density at radius 1 is 1.13 bits per heavy atom. The highest BCUT2D eigenvalue weighted by atomic mass is 31.2. The van der Waals surface area contributed by atoms with Gasteiger partial charge in [0.25, 0.3) is 20.9 Å². The molecule has 1 aliphatic rings. The van der Waals surface area contributed by atoms with Gasteiger partial charge in [0.2, 0.25) is 6.23 Å². The average Bonchev–Trinajstić information content (AvgIpc) is 3.70. The number of furan rings is 1. The molecule has 284 valence electrons. The Balaban J connectivity index is 0.000000304. The summed E-state index contributed by atoms with van der Waals surface area (Å²) >= 11 is 0. The molecule has 1 saturated heterocycles. The van der Waals surface area contributed by atoms with Crippen LogP contribution in [-0.2, 0) is 41.5 Å². The highest BCUT2D eigenvalue weighted by molar-refractivity contribution is 7.43. The van der Waals surface area contributed by atoms with Crippen molar-refractivity contribution in [1.82, 2.24) is 14.6 Å². The van der Waals surface area contributed by atoms with Gasteiger partial charge >= 0.3 is 11.7 Å². The number of halogens is 2. The zero-order chi connectivity index (χ0) is 38.1. The molecule has 0 amide bonds. The van der Waals surface area contributed by atoms with Gasteiger partial charge in [-0.1, -0.05) is 50.6 Å². The molecule has 1 fully saturated rings. The highest BCUT2D eigenvalue weighted by Gasteiger charge is 2.52. The number of aromatic nitrogens is 2. The van der Waals surface area contributed by atoms with Crippen LogP contribution >= 0.6 is 8.53 Å².